The summed E-state index contributed by atoms with van der Waals surface area (Å²) >= 11 is 0. The number of hydrogen-bond acceptors (Lipinski definition) is 5. The molecule has 0 amide bonds. The van der Waals surface area contributed by atoms with Crippen molar-refractivity contribution in [2.24, 2.45) is 15.2 Å². The van der Waals surface area contributed by atoms with Crippen molar-refractivity contribution in [2.45, 2.75) is 6.92 Å². The van der Waals surface area contributed by atoms with Gasteiger partial charge in [0.25, 0.3) is 0 Å². The number of nitrogens with zero attached hydrogens (tertiary/aromatic N) is 4. The molecule has 0 saturated heterocycles. The molecule has 0 atom stereocenters. The second-order valence-electron chi connectivity index (χ2n) is 5.26. The zero-order chi connectivity index (χ0) is 15.6. The van der Waals surface area contributed by atoms with Crippen LogP contribution in [0.1, 0.15) is 18.1 Å². The van der Waals surface area contributed by atoms with Crippen molar-refractivity contribution in [1.82, 2.24) is 10.4 Å². The summed E-state index contributed by atoms with van der Waals surface area (Å²) in [5.41, 5.74) is 7.40. The number of rotatable bonds is 2. The molecule has 2 heterocycles. The standard InChI is InChI=1S/C18H15N5/c1-13-21-19-12-16-20-17(14-8-4-2-5-9-14)18(22-23(13)16)15-10-6-3-7-11-15/h2-12,22H,1H3. The summed E-state index contributed by atoms with van der Waals surface area (Å²) < 4.78 is 0. The van der Waals surface area contributed by atoms with Crippen LogP contribution in [0.25, 0.3) is 11.4 Å². The number of fused-ring (bicyclic) bond motifs is 1. The lowest BCUT2D eigenvalue weighted by atomic mass is 10.0. The third-order valence-electron chi connectivity index (χ3n) is 3.72. The highest BCUT2D eigenvalue weighted by molar-refractivity contribution is 6.35. The van der Waals surface area contributed by atoms with E-state index in [1.165, 1.54) is 0 Å². The fourth-order valence-electron chi connectivity index (χ4n) is 2.60. The Bertz CT molecular complexity index is 847. The molecule has 1 N–H and O–H groups in total. The molecular weight excluding hydrogens is 286 g/mol. The van der Waals surface area contributed by atoms with E-state index < -0.39 is 0 Å². The van der Waals surface area contributed by atoms with Crippen LogP contribution in [0.2, 0.25) is 0 Å². The van der Waals surface area contributed by atoms with Gasteiger partial charge in [0.1, 0.15) is 5.84 Å². The van der Waals surface area contributed by atoms with Crippen molar-refractivity contribution in [3.8, 4) is 0 Å². The van der Waals surface area contributed by atoms with Crippen LogP contribution in [0.5, 0.6) is 0 Å². The fraction of sp³-hybridized carbons (Fsp3) is 0.0556. The van der Waals surface area contributed by atoms with Crippen LogP contribution in [-0.4, -0.2) is 22.9 Å². The smallest absolute Gasteiger partial charge is 0.174 e. The average molecular weight is 301 g/mol. The van der Waals surface area contributed by atoms with Gasteiger partial charge >= 0.3 is 0 Å². The summed E-state index contributed by atoms with van der Waals surface area (Å²) in [5, 5.41) is 9.93. The Morgan fingerprint density at radius 3 is 2.22 bits per heavy atom. The zero-order valence-corrected chi connectivity index (χ0v) is 12.6. The first-order chi connectivity index (χ1) is 11.3. The van der Waals surface area contributed by atoms with Gasteiger partial charge in [0.05, 0.1) is 17.6 Å². The number of nitrogens with one attached hydrogen (secondary N) is 1. The lowest BCUT2D eigenvalue weighted by molar-refractivity contribution is 0.534. The Morgan fingerprint density at radius 2 is 1.52 bits per heavy atom. The van der Waals surface area contributed by atoms with Crippen LogP contribution in [-0.2, 0) is 0 Å². The van der Waals surface area contributed by atoms with E-state index in [0.717, 1.165) is 34.2 Å². The van der Waals surface area contributed by atoms with Crippen molar-refractivity contribution in [3.05, 3.63) is 71.8 Å². The van der Waals surface area contributed by atoms with Gasteiger partial charge in [0.15, 0.2) is 5.84 Å². The van der Waals surface area contributed by atoms with Gasteiger partial charge in [-0.1, -0.05) is 60.7 Å². The van der Waals surface area contributed by atoms with Gasteiger partial charge < -0.3 is 0 Å². The van der Waals surface area contributed by atoms with Crippen LogP contribution in [0.3, 0.4) is 0 Å². The molecule has 23 heavy (non-hydrogen) atoms. The molecule has 0 radical (unpaired) electrons. The maximum atomic E-state index is 4.81. The number of amidine groups is 2. The molecule has 0 aliphatic carbocycles. The second-order valence-corrected chi connectivity index (χ2v) is 5.26. The molecule has 0 bridgehead atoms. The van der Waals surface area contributed by atoms with Crippen LogP contribution in [0, 0.1) is 0 Å². The highest BCUT2D eigenvalue weighted by atomic mass is 15.6. The third kappa shape index (κ3) is 2.42. The molecule has 0 saturated carbocycles. The molecule has 0 fully saturated rings. The van der Waals surface area contributed by atoms with Crippen LogP contribution >= 0.6 is 0 Å². The summed E-state index contributed by atoms with van der Waals surface area (Å²) in [6, 6.07) is 20.3. The van der Waals surface area contributed by atoms with Gasteiger partial charge in [-0.2, -0.15) is 5.10 Å². The maximum absolute atomic E-state index is 4.81. The molecule has 2 aromatic carbocycles. The summed E-state index contributed by atoms with van der Waals surface area (Å²) in [6.45, 7) is 1.90. The Hall–Kier alpha value is -3.21. The Balaban J connectivity index is 1.91. The average Bonchev–Trinajstić information content (AvgIpc) is 2.63. The second kappa shape index (κ2) is 5.53. The van der Waals surface area contributed by atoms with E-state index in [0.29, 0.717) is 0 Å². The Kier molecular flexibility index (Phi) is 3.24. The normalized spacial score (nSPS) is 16.5. The third-order valence-corrected chi connectivity index (χ3v) is 3.72. The Labute approximate surface area is 134 Å². The molecular formula is C18H15N5. The topological polar surface area (TPSA) is 52.4 Å². The molecule has 4 rings (SSSR count). The molecule has 2 aliphatic heterocycles. The van der Waals surface area contributed by atoms with Gasteiger partial charge in [0.2, 0.25) is 0 Å². The van der Waals surface area contributed by atoms with E-state index in [1.54, 1.807) is 6.21 Å². The number of aliphatic imine (C=N–C) groups is 1. The first-order valence-electron chi connectivity index (χ1n) is 7.41. The molecule has 2 aliphatic rings. The van der Waals surface area contributed by atoms with Crippen molar-refractivity contribution in [3.63, 3.8) is 0 Å². The van der Waals surface area contributed by atoms with E-state index in [9.17, 15) is 0 Å². The molecule has 0 unspecified atom stereocenters. The predicted molar refractivity (Wildman–Crippen MR) is 93.7 cm³/mol. The van der Waals surface area contributed by atoms with Gasteiger partial charge in [0, 0.05) is 11.1 Å². The van der Waals surface area contributed by atoms with Crippen molar-refractivity contribution >= 4 is 29.3 Å². The quantitative estimate of drug-likeness (QED) is 0.926. The summed E-state index contributed by atoms with van der Waals surface area (Å²) in [4.78, 5) is 4.81. The van der Waals surface area contributed by atoms with Crippen molar-refractivity contribution in [2.75, 3.05) is 0 Å². The van der Waals surface area contributed by atoms with Gasteiger partial charge in [-0.15, -0.1) is 5.10 Å². The van der Waals surface area contributed by atoms with Gasteiger partial charge in [-0.05, 0) is 6.92 Å². The first kappa shape index (κ1) is 13.5. The summed E-state index contributed by atoms with van der Waals surface area (Å²) in [7, 11) is 0. The number of hydrazine groups is 1. The van der Waals surface area contributed by atoms with E-state index in [-0.39, 0.29) is 0 Å². The number of benzene rings is 2. The van der Waals surface area contributed by atoms with Crippen molar-refractivity contribution < 1.29 is 0 Å². The highest BCUT2D eigenvalue weighted by Crippen LogP contribution is 2.29. The Morgan fingerprint density at radius 1 is 0.870 bits per heavy atom. The molecule has 2 aromatic rings. The maximum Gasteiger partial charge on any atom is 0.174 e. The van der Waals surface area contributed by atoms with Crippen LogP contribution in [0.15, 0.2) is 75.9 Å². The summed E-state index contributed by atoms with van der Waals surface area (Å²) in [5.74, 6) is 1.49. The highest BCUT2D eigenvalue weighted by Gasteiger charge is 2.25. The molecule has 112 valence electrons. The minimum absolute atomic E-state index is 0.732. The van der Waals surface area contributed by atoms with Crippen molar-refractivity contribution in [1.29, 1.82) is 0 Å². The fourth-order valence-corrected chi connectivity index (χ4v) is 2.60. The van der Waals surface area contributed by atoms with Gasteiger partial charge in [-0.25, -0.2) is 10.0 Å². The SMILES string of the molecule is CC1=NN=CC2=NC(c3ccccc3)=C(c3ccccc3)NN12. The van der Waals surface area contributed by atoms with Gasteiger partial charge in [-0.3, -0.25) is 5.43 Å². The minimum atomic E-state index is 0.732. The zero-order valence-electron chi connectivity index (χ0n) is 12.6. The predicted octanol–water partition coefficient (Wildman–Crippen LogP) is 3.15. The van der Waals surface area contributed by atoms with E-state index >= 15 is 0 Å². The largest absolute Gasteiger partial charge is 0.288 e. The molecule has 0 aromatic heterocycles. The molecule has 5 heteroatoms. The van der Waals surface area contributed by atoms with Crippen LogP contribution in [0.4, 0.5) is 0 Å². The molecule has 5 nitrogen and oxygen atoms in total. The van der Waals surface area contributed by atoms with E-state index in [4.69, 9.17) is 4.99 Å². The first-order valence-corrected chi connectivity index (χ1v) is 7.41. The number of hydrogen-bond donors (Lipinski definition) is 1. The van der Waals surface area contributed by atoms with E-state index in [2.05, 4.69) is 39.9 Å². The lowest BCUT2D eigenvalue weighted by Gasteiger charge is -2.32. The van der Waals surface area contributed by atoms with Crippen LogP contribution < -0.4 is 5.43 Å². The lowest BCUT2D eigenvalue weighted by Crippen LogP contribution is -2.49. The molecule has 0 spiro atoms. The summed E-state index contributed by atoms with van der Waals surface area (Å²) in [6.07, 6.45) is 1.66. The minimum Gasteiger partial charge on any atom is -0.288 e. The van der Waals surface area contributed by atoms with E-state index in [1.807, 2.05) is 48.3 Å². The monoisotopic (exact) mass is 301 g/mol.